The van der Waals surface area contributed by atoms with Crippen LogP contribution in [0.4, 0.5) is 4.39 Å². The Bertz CT molecular complexity index is 829. The summed E-state index contributed by atoms with van der Waals surface area (Å²) in [6, 6.07) is 6.60. The molecule has 3 aromatic rings. The fraction of sp³-hybridized carbons (Fsp3) is 0.375. The second kappa shape index (κ2) is 7.12. The Morgan fingerprint density at radius 2 is 1.96 bits per heavy atom. The maximum atomic E-state index is 14.1. The van der Waals surface area contributed by atoms with Crippen LogP contribution in [-0.4, -0.2) is 25.0 Å². The molecule has 0 aliphatic rings. The first-order valence-electron chi connectivity index (χ1n) is 7.64. The number of thioether (sulfide) groups is 1. The average Bonchev–Trinajstić information content (AvgIpc) is 3.12. The Morgan fingerprint density at radius 3 is 2.62 bits per heavy atom. The van der Waals surface area contributed by atoms with Crippen molar-refractivity contribution in [1.29, 1.82) is 0 Å². The summed E-state index contributed by atoms with van der Waals surface area (Å²) < 4.78 is 21.5. The molecular weight excluding hydrogens is 329 g/mol. The van der Waals surface area contributed by atoms with E-state index in [1.165, 1.54) is 17.8 Å². The predicted molar refractivity (Wildman–Crippen MR) is 88.9 cm³/mol. The van der Waals surface area contributed by atoms with Crippen molar-refractivity contribution in [3.05, 3.63) is 41.9 Å². The molecule has 2 heterocycles. The smallest absolute Gasteiger partial charge is 0.226 e. The van der Waals surface area contributed by atoms with E-state index in [0.717, 1.165) is 0 Å². The van der Waals surface area contributed by atoms with Gasteiger partial charge in [-0.1, -0.05) is 37.7 Å². The molecule has 0 fully saturated rings. The molecule has 2 aromatic heterocycles. The number of aryl methyl sites for hydroxylation is 1. The highest BCUT2D eigenvalue weighted by Gasteiger charge is 2.18. The van der Waals surface area contributed by atoms with E-state index in [0.29, 0.717) is 46.5 Å². The molecule has 0 atom stereocenters. The van der Waals surface area contributed by atoms with E-state index in [1.807, 2.05) is 4.57 Å². The van der Waals surface area contributed by atoms with Gasteiger partial charge in [0.2, 0.25) is 11.8 Å². The maximum absolute atomic E-state index is 14.1. The quantitative estimate of drug-likeness (QED) is 0.633. The Balaban J connectivity index is 1.90. The van der Waals surface area contributed by atoms with Crippen LogP contribution in [0.5, 0.6) is 0 Å². The number of nitrogens with zero attached hydrogens (tertiary/aromatic N) is 5. The third kappa shape index (κ3) is 3.64. The summed E-state index contributed by atoms with van der Waals surface area (Å²) in [7, 11) is 0. The highest BCUT2D eigenvalue weighted by Crippen LogP contribution is 2.28. The number of rotatable bonds is 6. The lowest BCUT2D eigenvalue weighted by molar-refractivity contribution is 0.483. The molecule has 0 aliphatic carbocycles. The molecule has 0 bridgehead atoms. The Labute approximate surface area is 143 Å². The fourth-order valence-corrected chi connectivity index (χ4v) is 3.07. The lowest BCUT2D eigenvalue weighted by Crippen LogP contribution is -2.08. The molecular formula is C16H18FN5OS. The molecule has 0 spiro atoms. The Kier molecular flexibility index (Phi) is 4.94. The van der Waals surface area contributed by atoms with Crippen molar-refractivity contribution in [2.75, 3.05) is 0 Å². The van der Waals surface area contributed by atoms with Gasteiger partial charge in [0, 0.05) is 13.5 Å². The normalized spacial score (nSPS) is 11.4. The second-order valence-electron chi connectivity index (χ2n) is 5.79. The Morgan fingerprint density at radius 1 is 1.17 bits per heavy atom. The fourth-order valence-electron chi connectivity index (χ4n) is 2.29. The summed E-state index contributed by atoms with van der Waals surface area (Å²) in [5.41, 5.74) is 0.450. The van der Waals surface area contributed by atoms with Gasteiger partial charge >= 0.3 is 0 Å². The first kappa shape index (κ1) is 16.6. The number of benzene rings is 1. The van der Waals surface area contributed by atoms with E-state index in [9.17, 15) is 4.39 Å². The van der Waals surface area contributed by atoms with Crippen LogP contribution < -0.4 is 0 Å². The number of halogens is 1. The van der Waals surface area contributed by atoms with Gasteiger partial charge < -0.3 is 8.98 Å². The van der Waals surface area contributed by atoms with Gasteiger partial charge in [0.1, 0.15) is 5.82 Å². The molecule has 6 nitrogen and oxygen atoms in total. The van der Waals surface area contributed by atoms with Crippen LogP contribution in [0.1, 0.15) is 25.6 Å². The second-order valence-corrected chi connectivity index (χ2v) is 6.74. The van der Waals surface area contributed by atoms with Crippen LogP contribution in [0, 0.1) is 18.7 Å². The zero-order valence-electron chi connectivity index (χ0n) is 13.7. The average molecular weight is 347 g/mol. The van der Waals surface area contributed by atoms with Crippen LogP contribution in [0.25, 0.3) is 11.4 Å². The number of aromatic nitrogens is 5. The molecule has 0 aliphatic heterocycles. The van der Waals surface area contributed by atoms with E-state index in [4.69, 9.17) is 4.42 Å². The minimum Gasteiger partial charge on any atom is -0.425 e. The zero-order chi connectivity index (χ0) is 17.1. The minimum atomic E-state index is -0.306. The molecule has 0 N–H and O–H groups in total. The Hall–Kier alpha value is -2.22. The molecule has 0 unspecified atom stereocenters. The van der Waals surface area contributed by atoms with Gasteiger partial charge in [0.05, 0.1) is 11.3 Å². The minimum absolute atomic E-state index is 0.306. The summed E-state index contributed by atoms with van der Waals surface area (Å²) in [5, 5.41) is 16.9. The zero-order valence-corrected chi connectivity index (χ0v) is 14.5. The molecule has 8 heteroatoms. The molecule has 24 heavy (non-hydrogen) atoms. The van der Waals surface area contributed by atoms with Crippen molar-refractivity contribution in [3.8, 4) is 11.4 Å². The van der Waals surface area contributed by atoms with Gasteiger partial charge in [0.25, 0.3) is 0 Å². The standard InChI is InChI=1S/C16H18FN5OS/c1-10(2)8-22-15(12-6-4-5-7-13(12)17)20-21-16(22)24-9-14-19-18-11(3)23-14/h4-7,10H,8-9H2,1-3H3. The lowest BCUT2D eigenvalue weighted by Gasteiger charge is -2.12. The van der Waals surface area contributed by atoms with Crippen LogP contribution >= 0.6 is 11.8 Å². The van der Waals surface area contributed by atoms with Gasteiger partial charge in [-0.3, -0.25) is 0 Å². The van der Waals surface area contributed by atoms with Gasteiger partial charge in [-0.25, -0.2) is 4.39 Å². The SMILES string of the molecule is Cc1nnc(CSc2nnc(-c3ccccc3F)n2CC(C)C)o1. The molecule has 0 radical (unpaired) electrons. The molecule has 0 saturated carbocycles. The van der Waals surface area contributed by atoms with E-state index in [1.54, 1.807) is 25.1 Å². The van der Waals surface area contributed by atoms with E-state index in [-0.39, 0.29) is 5.82 Å². The predicted octanol–water partition coefficient (Wildman–Crippen LogP) is 3.72. The highest BCUT2D eigenvalue weighted by atomic mass is 32.2. The van der Waals surface area contributed by atoms with Crippen LogP contribution in [0.15, 0.2) is 33.8 Å². The lowest BCUT2D eigenvalue weighted by atomic mass is 10.2. The first-order valence-corrected chi connectivity index (χ1v) is 8.63. The van der Waals surface area contributed by atoms with Crippen molar-refractivity contribution in [3.63, 3.8) is 0 Å². The van der Waals surface area contributed by atoms with E-state index in [2.05, 4.69) is 34.2 Å². The molecule has 0 saturated heterocycles. The largest absolute Gasteiger partial charge is 0.425 e. The van der Waals surface area contributed by atoms with Gasteiger partial charge in [-0.15, -0.1) is 20.4 Å². The summed E-state index contributed by atoms with van der Waals surface area (Å²) in [6.07, 6.45) is 0. The summed E-state index contributed by atoms with van der Waals surface area (Å²) in [6.45, 7) is 6.64. The molecule has 3 rings (SSSR count). The van der Waals surface area contributed by atoms with Crippen LogP contribution in [0.2, 0.25) is 0 Å². The molecule has 126 valence electrons. The summed E-state index contributed by atoms with van der Waals surface area (Å²) in [5.74, 6) is 2.15. The third-order valence-corrected chi connectivity index (χ3v) is 4.22. The van der Waals surface area contributed by atoms with Crippen LogP contribution in [0.3, 0.4) is 0 Å². The van der Waals surface area contributed by atoms with E-state index < -0.39 is 0 Å². The highest BCUT2D eigenvalue weighted by molar-refractivity contribution is 7.98. The third-order valence-electron chi connectivity index (χ3n) is 3.27. The van der Waals surface area contributed by atoms with Gasteiger partial charge in [0.15, 0.2) is 11.0 Å². The monoisotopic (exact) mass is 347 g/mol. The first-order chi connectivity index (χ1) is 11.5. The number of hydrogen-bond donors (Lipinski definition) is 0. The molecule has 1 aromatic carbocycles. The topological polar surface area (TPSA) is 69.6 Å². The van der Waals surface area contributed by atoms with Gasteiger partial charge in [-0.05, 0) is 18.1 Å². The van der Waals surface area contributed by atoms with E-state index >= 15 is 0 Å². The summed E-state index contributed by atoms with van der Waals surface area (Å²) in [4.78, 5) is 0. The van der Waals surface area contributed by atoms with Crippen molar-refractivity contribution in [1.82, 2.24) is 25.0 Å². The van der Waals surface area contributed by atoms with Crippen molar-refractivity contribution < 1.29 is 8.81 Å². The molecule has 0 amide bonds. The van der Waals surface area contributed by atoms with Crippen molar-refractivity contribution in [2.45, 2.75) is 38.2 Å². The maximum Gasteiger partial charge on any atom is 0.226 e. The number of hydrogen-bond acceptors (Lipinski definition) is 6. The summed E-state index contributed by atoms with van der Waals surface area (Å²) >= 11 is 1.45. The van der Waals surface area contributed by atoms with Crippen molar-refractivity contribution >= 4 is 11.8 Å². The van der Waals surface area contributed by atoms with Crippen molar-refractivity contribution in [2.24, 2.45) is 5.92 Å². The van der Waals surface area contributed by atoms with Gasteiger partial charge in [-0.2, -0.15) is 0 Å². The van der Waals surface area contributed by atoms with Crippen LogP contribution in [-0.2, 0) is 12.3 Å².